The van der Waals surface area contributed by atoms with Gasteiger partial charge in [0.05, 0.1) is 13.2 Å². The Hall–Kier alpha value is -0.163. The maximum absolute atomic E-state index is 9.76. The Morgan fingerprint density at radius 1 is 1.38 bits per heavy atom. The molecule has 0 aromatic carbocycles. The molecule has 1 rings (SSSR count). The van der Waals surface area contributed by atoms with Gasteiger partial charge in [0.1, 0.15) is 0 Å². The molecule has 0 aliphatic carbocycles. The Bertz CT molecular complexity index is 249. The molecule has 0 spiro atoms. The monoisotopic (exact) mass is 244 g/mol. The van der Waals surface area contributed by atoms with Crippen molar-refractivity contribution in [3.05, 3.63) is 11.3 Å². The average molecular weight is 244 g/mol. The standard InChI is InChI=1S/C12H24O3Si/c1-11(10-16(3,4)13)6-5-7-12(2)14-8-9-15-12/h10,13H,5-9H2,1-4H3/b11-10+. The lowest BCUT2D eigenvalue weighted by Crippen LogP contribution is -2.25. The van der Waals surface area contributed by atoms with Crippen LogP contribution in [-0.4, -0.2) is 32.1 Å². The van der Waals surface area contributed by atoms with Gasteiger partial charge in [0.15, 0.2) is 5.79 Å². The summed E-state index contributed by atoms with van der Waals surface area (Å²) in [7, 11) is -2.04. The van der Waals surface area contributed by atoms with Gasteiger partial charge < -0.3 is 14.3 Å². The van der Waals surface area contributed by atoms with Gasteiger partial charge in [-0.25, -0.2) is 0 Å². The third-order valence-corrected chi connectivity index (χ3v) is 3.90. The van der Waals surface area contributed by atoms with Crippen LogP contribution in [0.15, 0.2) is 11.3 Å². The maximum Gasteiger partial charge on any atom is 0.206 e. The number of rotatable bonds is 5. The van der Waals surface area contributed by atoms with Crippen LogP contribution in [0.3, 0.4) is 0 Å². The normalized spacial score (nSPS) is 21.4. The minimum absolute atomic E-state index is 0.369. The highest BCUT2D eigenvalue weighted by Crippen LogP contribution is 2.25. The van der Waals surface area contributed by atoms with E-state index in [0.29, 0.717) is 13.2 Å². The fraction of sp³-hybridized carbons (Fsp3) is 0.833. The zero-order valence-corrected chi connectivity index (χ0v) is 11.9. The van der Waals surface area contributed by atoms with Crippen LogP contribution in [0.2, 0.25) is 13.1 Å². The zero-order chi connectivity index (χ0) is 12.2. The first kappa shape index (κ1) is 13.9. The molecule has 16 heavy (non-hydrogen) atoms. The summed E-state index contributed by atoms with van der Waals surface area (Å²) in [6, 6.07) is 0. The molecule has 3 nitrogen and oxygen atoms in total. The third kappa shape index (κ3) is 5.25. The van der Waals surface area contributed by atoms with E-state index in [2.05, 4.69) is 6.92 Å². The van der Waals surface area contributed by atoms with Crippen LogP contribution in [0.5, 0.6) is 0 Å². The molecule has 0 atom stereocenters. The lowest BCUT2D eigenvalue weighted by Gasteiger charge is -2.22. The lowest BCUT2D eigenvalue weighted by atomic mass is 10.1. The molecule has 1 aliphatic rings. The molecule has 94 valence electrons. The molecule has 1 saturated heterocycles. The molecular weight excluding hydrogens is 220 g/mol. The molecule has 4 heteroatoms. The predicted molar refractivity (Wildman–Crippen MR) is 67.6 cm³/mol. The van der Waals surface area contributed by atoms with Crippen molar-refractivity contribution in [1.82, 2.24) is 0 Å². The summed E-state index contributed by atoms with van der Waals surface area (Å²) in [6.45, 7) is 9.37. The van der Waals surface area contributed by atoms with Gasteiger partial charge in [0.2, 0.25) is 8.32 Å². The van der Waals surface area contributed by atoms with Crippen molar-refractivity contribution in [2.75, 3.05) is 13.2 Å². The molecule has 0 bridgehead atoms. The molecule has 0 aromatic rings. The summed E-state index contributed by atoms with van der Waals surface area (Å²) in [5, 5.41) is 0. The predicted octanol–water partition coefficient (Wildman–Crippen LogP) is 2.60. The Morgan fingerprint density at radius 3 is 2.44 bits per heavy atom. The molecule has 1 N–H and O–H groups in total. The molecule has 0 unspecified atom stereocenters. The molecule has 1 aliphatic heterocycles. The van der Waals surface area contributed by atoms with Gasteiger partial charge in [-0.15, -0.1) is 0 Å². The molecule has 0 radical (unpaired) electrons. The highest BCUT2D eigenvalue weighted by Gasteiger charge is 2.29. The van der Waals surface area contributed by atoms with Gasteiger partial charge >= 0.3 is 0 Å². The van der Waals surface area contributed by atoms with E-state index in [1.54, 1.807) is 0 Å². The van der Waals surface area contributed by atoms with Crippen LogP contribution in [0.25, 0.3) is 0 Å². The summed E-state index contributed by atoms with van der Waals surface area (Å²) >= 11 is 0. The van der Waals surface area contributed by atoms with Crippen LogP contribution in [0.4, 0.5) is 0 Å². The van der Waals surface area contributed by atoms with Gasteiger partial charge in [0, 0.05) is 6.42 Å². The van der Waals surface area contributed by atoms with Crippen LogP contribution in [0, 0.1) is 0 Å². The number of hydrogen-bond acceptors (Lipinski definition) is 3. The quantitative estimate of drug-likeness (QED) is 0.756. The van der Waals surface area contributed by atoms with Crippen molar-refractivity contribution in [2.24, 2.45) is 0 Å². The second kappa shape index (κ2) is 5.45. The van der Waals surface area contributed by atoms with Crippen molar-refractivity contribution >= 4 is 8.32 Å². The summed E-state index contributed by atoms with van der Waals surface area (Å²) in [4.78, 5) is 9.76. The topological polar surface area (TPSA) is 38.7 Å². The average Bonchev–Trinajstić information content (AvgIpc) is 2.49. The first-order valence-electron chi connectivity index (χ1n) is 5.99. The van der Waals surface area contributed by atoms with E-state index in [9.17, 15) is 4.80 Å². The smallest absolute Gasteiger partial charge is 0.206 e. The minimum Gasteiger partial charge on any atom is -0.428 e. The van der Waals surface area contributed by atoms with E-state index >= 15 is 0 Å². The third-order valence-electron chi connectivity index (χ3n) is 2.70. The molecule has 0 amide bonds. The SMILES string of the molecule is C/C(=C\[Si](C)(C)O)CCCC1(C)OCCO1. The Morgan fingerprint density at radius 2 is 1.94 bits per heavy atom. The number of hydrogen-bond donors (Lipinski definition) is 1. The van der Waals surface area contributed by atoms with E-state index < -0.39 is 8.32 Å². The first-order valence-corrected chi connectivity index (χ1v) is 9.02. The lowest BCUT2D eigenvalue weighted by molar-refractivity contribution is -0.147. The van der Waals surface area contributed by atoms with Crippen molar-refractivity contribution in [2.45, 2.75) is 52.0 Å². The number of ether oxygens (including phenoxy) is 2. The second-order valence-electron chi connectivity index (χ2n) is 5.33. The minimum atomic E-state index is -2.04. The Kier molecular flexibility index (Phi) is 4.73. The van der Waals surface area contributed by atoms with Crippen molar-refractivity contribution in [3.63, 3.8) is 0 Å². The highest BCUT2D eigenvalue weighted by atomic mass is 28.4. The van der Waals surface area contributed by atoms with Gasteiger partial charge in [-0.1, -0.05) is 11.3 Å². The molecular formula is C12H24O3Si. The van der Waals surface area contributed by atoms with E-state index in [1.807, 2.05) is 25.7 Å². The van der Waals surface area contributed by atoms with Crippen LogP contribution in [0.1, 0.15) is 33.1 Å². The molecule has 0 aromatic heterocycles. The van der Waals surface area contributed by atoms with Crippen molar-refractivity contribution in [1.29, 1.82) is 0 Å². The fourth-order valence-corrected chi connectivity index (χ4v) is 3.41. The summed E-state index contributed by atoms with van der Waals surface area (Å²) in [5.74, 6) is -0.369. The van der Waals surface area contributed by atoms with Crippen LogP contribution in [-0.2, 0) is 9.47 Å². The van der Waals surface area contributed by atoms with E-state index in [0.717, 1.165) is 19.3 Å². The molecule has 0 saturated carbocycles. The van der Waals surface area contributed by atoms with E-state index in [-0.39, 0.29) is 5.79 Å². The first-order chi connectivity index (χ1) is 7.31. The summed E-state index contributed by atoms with van der Waals surface area (Å²) in [6.07, 6.45) is 2.98. The van der Waals surface area contributed by atoms with Crippen LogP contribution >= 0.6 is 0 Å². The van der Waals surface area contributed by atoms with E-state index in [4.69, 9.17) is 9.47 Å². The highest BCUT2D eigenvalue weighted by molar-refractivity contribution is 6.75. The maximum atomic E-state index is 9.76. The van der Waals surface area contributed by atoms with Crippen molar-refractivity contribution in [3.8, 4) is 0 Å². The zero-order valence-electron chi connectivity index (χ0n) is 10.9. The molecule has 1 fully saturated rings. The Balaban J connectivity index is 2.27. The van der Waals surface area contributed by atoms with Gasteiger partial charge in [0.25, 0.3) is 0 Å². The Labute approximate surface area is 99.6 Å². The van der Waals surface area contributed by atoms with Gasteiger partial charge in [-0.2, -0.15) is 0 Å². The van der Waals surface area contributed by atoms with Gasteiger partial charge in [-0.3, -0.25) is 0 Å². The fourth-order valence-electron chi connectivity index (χ4n) is 2.06. The van der Waals surface area contributed by atoms with Crippen LogP contribution < -0.4 is 0 Å². The van der Waals surface area contributed by atoms with E-state index in [1.165, 1.54) is 5.57 Å². The van der Waals surface area contributed by atoms with Crippen molar-refractivity contribution < 1.29 is 14.3 Å². The number of allylic oxidation sites excluding steroid dienone is 1. The molecule has 1 heterocycles. The van der Waals surface area contributed by atoms with Gasteiger partial charge in [-0.05, 0) is 39.8 Å². The second-order valence-corrected chi connectivity index (χ2v) is 8.92. The largest absolute Gasteiger partial charge is 0.428 e. The summed E-state index contributed by atoms with van der Waals surface area (Å²) < 4.78 is 11.1. The summed E-state index contributed by atoms with van der Waals surface area (Å²) in [5.41, 5.74) is 3.33.